The van der Waals surface area contributed by atoms with Gasteiger partial charge in [-0.1, -0.05) is 54.6 Å². The Labute approximate surface area is 142 Å². The minimum absolute atomic E-state index is 0.341. The van der Waals surface area contributed by atoms with Gasteiger partial charge < -0.3 is 10.4 Å². The van der Waals surface area contributed by atoms with Crippen molar-refractivity contribution in [1.82, 2.24) is 4.90 Å². The molecule has 3 nitrogen and oxygen atoms in total. The molecule has 3 aromatic carbocycles. The molecule has 1 unspecified atom stereocenters. The van der Waals surface area contributed by atoms with Gasteiger partial charge >= 0.3 is 0 Å². The number of aromatic hydroxyl groups is 1. The number of benzene rings is 3. The van der Waals surface area contributed by atoms with Crippen LogP contribution < -0.4 is 5.32 Å². The highest BCUT2D eigenvalue weighted by Crippen LogP contribution is 2.31. The maximum Gasteiger partial charge on any atom is 0.123 e. The maximum absolute atomic E-state index is 10.0. The summed E-state index contributed by atoms with van der Waals surface area (Å²) in [5, 5.41) is 15.7. The van der Waals surface area contributed by atoms with E-state index in [4.69, 9.17) is 0 Å². The molecule has 1 heterocycles. The molecule has 1 aliphatic heterocycles. The van der Waals surface area contributed by atoms with Crippen molar-refractivity contribution >= 4 is 16.5 Å². The average Bonchev–Trinajstić information content (AvgIpc) is 3.04. The molecule has 0 radical (unpaired) electrons. The minimum Gasteiger partial charge on any atom is -0.507 e. The van der Waals surface area contributed by atoms with E-state index in [0.717, 1.165) is 42.5 Å². The standard InChI is InChI=1S/C21H22N2O/c24-21-11-5-8-18-19(21)9-4-10-20(18)22-17-12-13-23(15-17)14-16-6-2-1-3-7-16/h1-11,17,22,24H,12-15H2. The van der Waals surface area contributed by atoms with Crippen LogP contribution >= 0.6 is 0 Å². The van der Waals surface area contributed by atoms with Crippen LogP contribution in [0.2, 0.25) is 0 Å². The lowest BCUT2D eigenvalue weighted by Crippen LogP contribution is -2.26. The molecule has 1 fully saturated rings. The molecule has 24 heavy (non-hydrogen) atoms. The number of hydrogen-bond acceptors (Lipinski definition) is 3. The molecule has 1 saturated heterocycles. The van der Waals surface area contributed by atoms with Crippen molar-refractivity contribution in [3.8, 4) is 5.75 Å². The number of nitrogens with zero attached hydrogens (tertiary/aromatic N) is 1. The molecule has 1 aliphatic rings. The molecule has 3 aromatic rings. The Morgan fingerprint density at radius 1 is 0.917 bits per heavy atom. The van der Waals surface area contributed by atoms with Gasteiger partial charge in [0.2, 0.25) is 0 Å². The Bertz CT molecular complexity index is 832. The van der Waals surface area contributed by atoms with Crippen LogP contribution in [0.15, 0.2) is 66.7 Å². The van der Waals surface area contributed by atoms with Crippen molar-refractivity contribution in [2.75, 3.05) is 18.4 Å². The second-order valence-corrected chi connectivity index (χ2v) is 6.53. The summed E-state index contributed by atoms with van der Waals surface area (Å²) >= 11 is 0. The van der Waals surface area contributed by atoms with E-state index in [1.807, 2.05) is 18.2 Å². The third-order valence-electron chi connectivity index (χ3n) is 4.78. The van der Waals surface area contributed by atoms with Crippen LogP contribution in [0, 0.1) is 0 Å². The van der Waals surface area contributed by atoms with E-state index in [2.05, 4.69) is 52.7 Å². The van der Waals surface area contributed by atoms with Gasteiger partial charge in [0, 0.05) is 42.1 Å². The van der Waals surface area contributed by atoms with Crippen LogP contribution in [0.1, 0.15) is 12.0 Å². The summed E-state index contributed by atoms with van der Waals surface area (Å²) in [5.74, 6) is 0.341. The number of likely N-dealkylation sites (tertiary alicyclic amines) is 1. The predicted molar refractivity (Wildman–Crippen MR) is 99.4 cm³/mol. The molecule has 2 N–H and O–H groups in total. The number of anilines is 1. The molecular formula is C21H22N2O. The summed E-state index contributed by atoms with van der Waals surface area (Å²) in [6.07, 6.45) is 1.14. The quantitative estimate of drug-likeness (QED) is 0.755. The predicted octanol–water partition coefficient (Wildman–Crippen LogP) is 4.23. The lowest BCUT2D eigenvalue weighted by atomic mass is 10.1. The fourth-order valence-corrected chi connectivity index (χ4v) is 3.57. The van der Waals surface area contributed by atoms with E-state index in [1.54, 1.807) is 6.07 Å². The van der Waals surface area contributed by atoms with Gasteiger partial charge in [0.05, 0.1) is 0 Å². The Hall–Kier alpha value is -2.52. The third kappa shape index (κ3) is 3.08. The largest absolute Gasteiger partial charge is 0.507 e. The first-order valence-electron chi connectivity index (χ1n) is 8.53. The van der Waals surface area contributed by atoms with Gasteiger partial charge in [-0.2, -0.15) is 0 Å². The van der Waals surface area contributed by atoms with E-state index in [0.29, 0.717) is 11.8 Å². The monoisotopic (exact) mass is 318 g/mol. The highest BCUT2D eigenvalue weighted by molar-refractivity contribution is 5.97. The van der Waals surface area contributed by atoms with Crippen LogP contribution in [0.3, 0.4) is 0 Å². The fraction of sp³-hybridized carbons (Fsp3) is 0.238. The van der Waals surface area contributed by atoms with Crippen molar-refractivity contribution in [3.63, 3.8) is 0 Å². The SMILES string of the molecule is Oc1cccc2c(NC3CCN(Cc4ccccc4)C3)cccc12. The first-order chi connectivity index (χ1) is 11.8. The van der Waals surface area contributed by atoms with Gasteiger partial charge in [0.25, 0.3) is 0 Å². The molecule has 0 aromatic heterocycles. The Balaban J connectivity index is 1.46. The first-order valence-corrected chi connectivity index (χ1v) is 8.53. The summed E-state index contributed by atoms with van der Waals surface area (Å²) in [6, 6.07) is 22.9. The van der Waals surface area contributed by atoms with Crippen LogP contribution in [0.4, 0.5) is 5.69 Å². The van der Waals surface area contributed by atoms with Crippen molar-refractivity contribution in [2.45, 2.75) is 19.0 Å². The summed E-state index contributed by atoms with van der Waals surface area (Å²) in [5.41, 5.74) is 2.48. The van der Waals surface area contributed by atoms with Crippen molar-refractivity contribution in [1.29, 1.82) is 0 Å². The fourth-order valence-electron chi connectivity index (χ4n) is 3.57. The normalized spacial score (nSPS) is 18.1. The summed E-state index contributed by atoms with van der Waals surface area (Å²) in [7, 11) is 0. The van der Waals surface area contributed by atoms with E-state index >= 15 is 0 Å². The van der Waals surface area contributed by atoms with Gasteiger partial charge in [-0.15, -0.1) is 0 Å². The Kier molecular flexibility index (Phi) is 4.09. The zero-order chi connectivity index (χ0) is 16.4. The molecular weight excluding hydrogens is 296 g/mol. The van der Waals surface area contributed by atoms with Gasteiger partial charge in [0.1, 0.15) is 5.75 Å². The number of fused-ring (bicyclic) bond motifs is 1. The Morgan fingerprint density at radius 2 is 1.71 bits per heavy atom. The number of hydrogen-bond donors (Lipinski definition) is 2. The van der Waals surface area contributed by atoms with Crippen molar-refractivity contribution in [2.24, 2.45) is 0 Å². The number of nitrogens with one attached hydrogen (secondary N) is 1. The second kappa shape index (κ2) is 6.54. The topological polar surface area (TPSA) is 35.5 Å². The zero-order valence-electron chi connectivity index (χ0n) is 13.7. The van der Waals surface area contributed by atoms with Crippen LogP contribution in [-0.4, -0.2) is 29.1 Å². The number of phenols is 1. The maximum atomic E-state index is 10.0. The van der Waals surface area contributed by atoms with Crippen LogP contribution in [0.25, 0.3) is 10.8 Å². The van der Waals surface area contributed by atoms with Crippen LogP contribution in [0.5, 0.6) is 5.75 Å². The van der Waals surface area contributed by atoms with Gasteiger partial charge in [-0.3, -0.25) is 4.90 Å². The van der Waals surface area contributed by atoms with E-state index in [1.165, 1.54) is 5.56 Å². The average molecular weight is 318 g/mol. The van der Waals surface area contributed by atoms with Crippen molar-refractivity contribution in [3.05, 3.63) is 72.3 Å². The zero-order valence-corrected chi connectivity index (χ0v) is 13.7. The summed E-state index contributed by atoms with van der Waals surface area (Å²) in [4.78, 5) is 2.50. The molecule has 0 saturated carbocycles. The van der Waals surface area contributed by atoms with Gasteiger partial charge in [0.15, 0.2) is 0 Å². The molecule has 122 valence electrons. The Morgan fingerprint density at radius 3 is 2.58 bits per heavy atom. The molecule has 0 bridgehead atoms. The van der Waals surface area contributed by atoms with E-state index in [-0.39, 0.29) is 0 Å². The summed E-state index contributed by atoms with van der Waals surface area (Å²) in [6.45, 7) is 3.17. The van der Waals surface area contributed by atoms with Gasteiger partial charge in [-0.25, -0.2) is 0 Å². The van der Waals surface area contributed by atoms with Gasteiger partial charge in [-0.05, 0) is 24.1 Å². The second-order valence-electron chi connectivity index (χ2n) is 6.53. The minimum atomic E-state index is 0.341. The molecule has 0 amide bonds. The highest BCUT2D eigenvalue weighted by Gasteiger charge is 2.22. The molecule has 1 atom stereocenters. The summed E-state index contributed by atoms with van der Waals surface area (Å²) < 4.78 is 0. The molecule has 0 spiro atoms. The molecule has 0 aliphatic carbocycles. The van der Waals surface area contributed by atoms with E-state index in [9.17, 15) is 5.11 Å². The van der Waals surface area contributed by atoms with Crippen LogP contribution in [-0.2, 0) is 6.54 Å². The lowest BCUT2D eigenvalue weighted by molar-refractivity contribution is 0.328. The lowest BCUT2D eigenvalue weighted by Gasteiger charge is -2.18. The third-order valence-corrected chi connectivity index (χ3v) is 4.78. The van der Waals surface area contributed by atoms with Crippen molar-refractivity contribution < 1.29 is 5.11 Å². The first kappa shape index (κ1) is 15.0. The molecule has 4 rings (SSSR count). The number of phenolic OH excluding ortho intramolecular Hbond substituents is 1. The highest BCUT2D eigenvalue weighted by atomic mass is 16.3. The molecule has 3 heteroatoms. The number of rotatable bonds is 4. The van der Waals surface area contributed by atoms with E-state index < -0.39 is 0 Å². The smallest absolute Gasteiger partial charge is 0.123 e.